The number of hydrogen-bond acceptors (Lipinski definition) is 4. The highest BCUT2D eigenvalue weighted by Crippen LogP contribution is 2.36. The van der Waals surface area contributed by atoms with Crippen molar-refractivity contribution in [3.05, 3.63) is 63.8 Å². The Morgan fingerprint density at radius 2 is 1.59 bits per heavy atom. The van der Waals surface area contributed by atoms with Gasteiger partial charge in [0.2, 0.25) is 0 Å². The summed E-state index contributed by atoms with van der Waals surface area (Å²) in [7, 11) is -2.35. The normalized spacial score (nSPS) is 15.7. The van der Waals surface area contributed by atoms with Gasteiger partial charge in [0.05, 0.1) is 21.1 Å². The number of fused-ring (bicyclic) bond motifs is 1. The summed E-state index contributed by atoms with van der Waals surface area (Å²) in [5.74, 6) is 0. The van der Waals surface area contributed by atoms with Crippen molar-refractivity contribution in [2.75, 3.05) is 33.2 Å². The van der Waals surface area contributed by atoms with Crippen LogP contribution in [0.1, 0.15) is 11.1 Å². The van der Waals surface area contributed by atoms with Gasteiger partial charge in [0.15, 0.2) is 0 Å². The maximum Gasteiger partial charge on any atom is 0.416 e. The van der Waals surface area contributed by atoms with Crippen LogP contribution in [-0.4, -0.2) is 55.4 Å². The zero-order valence-corrected chi connectivity index (χ0v) is 21.8. The van der Waals surface area contributed by atoms with Gasteiger partial charge in [0, 0.05) is 44.3 Å². The molecule has 0 unspecified atom stereocenters. The number of likely N-dealkylation sites (N-methyl/N-ethyl adjacent to an activating group) is 1. The SMILES string of the molecule is CN1CCN(Cc2ccc3c(c2)c(Cl)cn3S(=O)(=O)c2cc(C(F)(F)F)ccc2Cl)CC1.Cl.Cl. The Morgan fingerprint density at radius 1 is 0.941 bits per heavy atom. The molecule has 0 amide bonds. The molecule has 0 radical (unpaired) electrons. The van der Waals surface area contributed by atoms with Crippen molar-refractivity contribution in [3.63, 3.8) is 0 Å². The van der Waals surface area contributed by atoms with Crippen LogP contribution in [0.4, 0.5) is 13.2 Å². The Labute approximate surface area is 218 Å². The minimum absolute atomic E-state index is 0. The average molecular weight is 579 g/mol. The van der Waals surface area contributed by atoms with Gasteiger partial charge >= 0.3 is 6.18 Å². The van der Waals surface area contributed by atoms with E-state index in [-0.39, 0.29) is 40.4 Å². The van der Waals surface area contributed by atoms with E-state index in [1.807, 2.05) is 6.07 Å². The first kappa shape index (κ1) is 29.0. The fourth-order valence-electron chi connectivity index (χ4n) is 3.75. The first-order chi connectivity index (χ1) is 15.0. The molecule has 2 heterocycles. The lowest BCUT2D eigenvalue weighted by Crippen LogP contribution is -2.43. The van der Waals surface area contributed by atoms with Gasteiger partial charge in [-0.1, -0.05) is 29.3 Å². The first-order valence-corrected chi connectivity index (χ1v) is 12.0. The molecule has 2 aromatic carbocycles. The van der Waals surface area contributed by atoms with E-state index in [0.717, 1.165) is 47.8 Å². The molecular formula is C21H22Cl4F3N3O2S. The van der Waals surface area contributed by atoms with E-state index >= 15 is 0 Å². The molecule has 1 aromatic heterocycles. The van der Waals surface area contributed by atoms with Crippen molar-refractivity contribution < 1.29 is 21.6 Å². The van der Waals surface area contributed by atoms with Crippen LogP contribution >= 0.6 is 48.0 Å². The van der Waals surface area contributed by atoms with Crippen LogP contribution in [0.15, 0.2) is 47.5 Å². The zero-order valence-electron chi connectivity index (χ0n) is 17.8. The smallest absolute Gasteiger partial charge is 0.304 e. The maximum absolute atomic E-state index is 13.2. The largest absolute Gasteiger partial charge is 0.416 e. The van der Waals surface area contributed by atoms with Crippen molar-refractivity contribution in [3.8, 4) is 0 Å². The summed E-state index contributed by atoms with van der Waals surface area (Å²) < 4.78 is 66.7. The predicted octanol–water partition coefficient (Wildman–Crippen LogP) is 5.79. The fraction of sp³-hybridized carbons (Fsp3) is 0.333. The molecule has 0 saturated carbocycles. The second-order valence-corrected chi connectivity index (χ2v) is 10.4. The molecule has 0 aliphatic carbocycles. The maximum atomic E-state index is 13.2. The van der Waals surface area contributed by atoms with Crippen LogP contribution in [0, 0.1) is 0 Å². The van der Waals surface area contributed by atoms with Gasteiger partial charge < -0.3 is 4.90 Å². The molecule has 4 rings (SSSR count). The summed E-state index contributed by atoms with van der Waals surface area (Å²) in [5.41, 5.74) is 0.138. The minimum Gasteiger partial charge on any atom is -0.304 e. The molecule has 0 N–H and O–H groups in total. The molecule has 1 aliphatic heterocycles. The van der Waals surface area contributed by atoms with Gasteiger partial charge in [-0.05, 0) is 42.9 Å². The predicted molar refractivity (Wildman–Crippen MR) is 133 cm³/mol. The van der Waals surface area contributed by atoms with Gasteiger partial charge in [0.1, 0.15) is 4.90 Å². The minimum atomic E-state index is -4.70. The zero-order chi connectivity index (χ0) is 23.3. The number of aromatic nitrogens is 1. The summed E-state index contributed by atoms with van der Waals surface area (Å²) in [6.07, 6.45) is -3.51. The van der Waals surface area contributed by atoms with Crippen LogP contribution in [0.3, 0.4) is 0 Å². The van der Waals surface area contributed by atoms with E-state index in [1.165, 1.54) is 6.20 Å². The Balaban J connectivity index is 0.00000204. The Bertz CT molecular complexity index is 1270. The molecule has 5 nitrogen and oxygen atoms in total. The summed E-state index contributed by atoms with van der Waals surface area (Å²) in [5, 5.41) is 0.388. The number of hydrogen-bond donors (Lipinski definition) is 0. The number of nitrogens with zero attached hydrogens (tertiary/aromatic N) is 3. The van der Waals surface area contributed by atoms with Crippen LogP contribution in [0.25, 0.3) is 10.9 Å². The lowest BCUT2D eigenvalue weighted by Gasteiger charge is -2.32. The molecule has 188 valence electrons. The average Bonchev–Trinajstić information content (AvgIpc) is 3.06. The van der Waals surface area contributed by atoms with Gasteiger partial charge in [-0.15, -0.1) is 24.8 Å². The molecule has 34 heavy (non-hydrogen) atoms. The second kappa shape index (κ2) is 10.8. The third kappa shape index (κ3) is 5.78. The van der Waals surface area contributed by atoms with E-state index in [9.17, 15) is 21.6 Å². The highest BCUT2D eigenvalue weighted by molar-refractivity contribution is 7.90. The molecule has 1 aliphatic rings. The number of halogens is 7. The Hall–Kier alpha value is -1.20. The van der Waals surface area contributed by atoms with E-state index in [2.05, 4.69) is 16.8 Å². The fourth-order valence-corrected chi connectivity index (χ4v) is 5.93. The van der Waals surface area contributed by atoms with E-state index in [0.29, 0.717) is 18.0 Å². The van der Waals surface area contributed by atoms with Crippen molar-refractivity contribution >= 4 is 68.9 Å². The lowest BCUT2D eigenvalue weighted by atomic mass is 10.1. The number of benzene rings is 2. The van der Waals surface area contributed by atoms with Crippen molar-refractivity contribution in [2.24, 2.45) is 0 Å². The van der Waals surface area contributed by atoms with Crippen LogP contribution in [0.2, 0.25) is 10.0 Å². The standard InChI is InChI=1S/C21H20Cl2F3N3O2S.2ClH/c1-27-6-8-28(9-7-27)12-14-2-5-19-16(10-14)18(23)13-29(19)32(30,31)20-11-15(21(24,25)26)3-4-17(20)22;;/h2-5,10-11,13H,6-9,12H2,1H3;2*1H. The summed E-state index contributed by atoms with van der Waals surface area (Å²) >= 11 is 12.3. The third-order valence-corrected chi connectivity index (χ3v) is 8.04. The molecule has 3 aromatic rings. The Morgan fingerprint density at radius 3 is 2.21 bits per heavy atom. The molecule has 1 saturated heterocycles. The van der Waals surface area contributed by atoms with E-state index in [4.69, 9.17) is 23.2 Å². The second-order valence-electron chi connectivity index (χ2n) is 7.85. The van der Waals surface area contributed by atoms with Gasteiger partial charge in [-0.3, -0.25) is 4.90 Å². The van der Waals surface area contributed by atoms with Crippen molar-refractivity contribution in [2.45, 2.75) is 17.6 Å². The van der Waals surface area contributed by atoms with E-state index < -0.39 is 26.7 Å². The summed E-state index contributed by atoms with van der Waals surface area (Å²) in [6, 6.07) is 7.45. The first-order valence-electron chi connectivity index (χ1n) is 9.79. The van der Waals surface area contributed by atoms with Gasteiger partial charge in [0.25, 0.3) is 10.0 Å². The van der Waals surface area contributed by atoms with Crippen molar-refractivity contribution in [1.29, 1.82) is 0 Å². The van der Waals surface area contributed by atoms with Crippen LogP contribution < -0.4 is 0 Å². The molecule has 0 bridgehead atoms. The van der Waals surface area contributed by atoms with Crippen LogP contribution in [0.5, 0.6) is 0 Å². The number of rotatable bonds is 4. The highest BCUT2D eigenvalue weighted by atomic mass is 35.5. The monoisotopic (exact) mass is 577 g/mol. The van der Waals surface area contributed by atoms with E-state index in [1.54, 1.807) is 12.1 Å². The molecule has 0 spiro atoms. The van der Waals surface area contributed by atoms with Gasteiger partial charge in [-0.2, -0.15) is 13.2 Å². The molecule has 13 heteroatoms. The Kier molecular flexibility index (Phi) is 9.24. The molecular weight excluding hydrogens is 557 g/mol. The topological polar surface area (TPSA) is 45.5 Å². The number of alkyl halides is 3. The molecule has 0 atom stereocenters. The summed E-state index contributed by atoms with van der Waals surface area (Å²) in [4.78, 5) is 3.91. The third-order valence-electron chi connectivity index (χ3n) is 5.58. The summed E-state index contributed by atoms with van der Waals surface area (Å²) in [6.45, 7) is 4.47. The number of piperazine rings is 1. The lowest BCUT2D eigenvalue weighted by molar-refractivity contribution is -0.137. The van der Waals surface area contributed by atoms with Crippen molar-refractivity contribution in [1.82, 2.24) is 13.8 Å². The molecule has 1 fully saturated rings. The van der Waals surface area contributed by atoms with Gasteiger partial charge in [-0.25, -0.2) is 12.4 Å². The quantitative estimate of drug-likeness (QED) is 0.393. The highest BCUT2D eigenvalue weighted by Gasteiger charge is 2.33. The van der Waals surface area contributed by atoms with Crippen LogP contribution in [-0.2, 0) is 22.7 Å².